The maximum Gasteiger partial charge on any atom is 0.242 e. The molecule has 0 unspecified atom stereocenters. The summed E-state index contributed by atoms with van der Waals surface area (Å²) in [6.07, 6.45) is 0.243. The molecule has 0 saturated heterocycles. The fourth-order valence-corrected chi connectivity index (χ4v) is 3.02. The van der Waals surface area contributed by atoms with Crippen LogP contribution in [0.2, 0.25) is 5.02 Å². The van der Waals surface area contributed by atoms with E-state index in [1.807, 2.05) is 63.2 Å². The van der Waals surface area contributed by atoms with Crippen LogP contribution in [0.1, 0.15) is 37.5 Å². The molecule has 2 aromatic rings. The number of benzene rings is 2. The van der Waals surface area contributed by atoms with Gasteiger partial charge in [-0.15, -0.1) is 0 Å². The SMILES string of the molecule is Cc1ccc(CC(=O)N(Cc2ccccc2Cl)[C@H](C)C(=O)NCC(C)C)cc1. The van der Waals surface area contributed by atoms with E-state index < -0.39 is 6.04 Å². The van der Waals surface area contributed by atoms with E-state index in [0.29, 0.717) is 24.0 Å². The van der Waals surface area contributed by atoms with E-state index in [4.69, 9.17) is 11.6 Å². The fraction of sp³-hybridized carbons (Fsp3) is 0.391. The highest BCUT2D eigenvalue weighted by Crippen LogP contribution is 2.19. The highest BCUT2D eigenvalue weighted by Gasteiger charge is 2.26. The van der Waals surface area contributed by atoms with Gasteiger partial charge in [0.2, 0.25) is 11.8 Å². The predicted molar refractivity (Wildman–Crippen MR) is 114 cm³/mol. The first-order valence-electron chi connectivity index (χ1n) is 9.64. The molecular formula is C23H29ClN2O2. The van der Waals surface area contributed by atoms with Crippen molar-refractivity contribution in [2.45, 2.75) is 46.7 Å². The summed E-state index contributed by atoms with van der Waals surface area (Å²) in [6, 6.07) is 14.7. The van der Waals surface area contributed by atoms with Gasteiger partial charge < -0.3 is 10.2 Å². The summed E-state index contributed by atoms with van der Waals surface area (Å²) < 4.78 is 0. The minimum Gasteiger partial charge on any atom is -0.354 e. The molecular weight excluding hydrogens is 372 g/mol. The minimum atomic E-state index is -0.590. The Morgan fingerprint density at radius 2 is 1.68 bits per heavy atom. The molecule has 2 aromatic carbocycles. The Labute approximate surface area is 172 Å². The van der Waals surface area contributed by atoms with Crippen LogP contribution in [0.15, 0.2) is 48.5 Å². The number of hydrogen-bond acceptors (Lipinski definition) is 2. The van der Waals surface area contributed by atoms with Crippen LogP contribution in [0.25, 0.3) is 0 Å². The van der Waals surface area contributed by atoms with Gasteiger partial charge >= 0.3 is 0 Å². The molecule has 150 valence electrons. The summed E-state index contributed by atoms with van der Waals surface area (Å²) in [5, 5.41) is 3.51. The maximum absolute atomic E-state index is 13.1. The van der Waals surface area contributed by atoms with Crippen LogP contribution >= 0.6 is 11.6 Å². The highest BCUT2D eigenvalue weighted by atomic mass is 35.5. The quantitative estimate of drug-likeness (QED) is 0.714. The van der Waals surface area contributed by atoms with E-state index in [1.54, 1.807) is 17.9 Å². The first kappa shape index (κ1) is 22.0. The van der Waals surface area contributed by atoms with Crippen LogP contribution in [-0.2, 0) is 22.6 Å². The summed E-state index contributed by atoms with van der Waals surface area (Å²) in [5.41, 5.74) is 2.89. The standard InChI is InChI=1S/C23H29ClN2O2/c1-16(2)14-25-23(28)18(4)26(15-20-7-5-6-8-21(20)24)22(27)13-19-11-9-17(3)10-12-19/h5-12,16,18H,13-15H2,1-4H3,(H,25,28)/t18-/m1/s1. The molecule has 0 aliphatic rings. The van der Waals surface area contributed by atoms with Crippen LogP contribution in [0.4, 0.5) is 0 Å². The molecule has 2 amide bonds. The number of rotatable bonds is 8. The Bertz CT molecular complexity index is 803. The van der Waals surface area contributed by atoms with Crippen LogP contribution in [0, 0.1) is 12.8 Å². The number of hydrogen-bond donors (Lipinski definition) is 1. The zero-order valence-corrected chi connectivity index (χ0v) is 17.8. The number of nitrogens with zero attached hydrogens (tertiary/aromatic N) is 1. The van der Waals surface area contributed by atoms with Gasteiger partial charge in [0.15, 0.2) is 0 Å². The summed E-state index contributed by atoms with van der Waals surface area (Å²) in [6.45, 7) is 8.72. The van der Waals surface area contributed by atoms with Gasteiger partial charge in [-0.1, -0.05) is 73.5 Å². The lowest BCUT2D eigenvalue weighted by molar-refractivity contribution is -0.140. The number of halogens is 1. The second-order valence-electron chi connectivity index (χ2n) is 7.59. The zero-order chi connectivity index (χ0) is 20.7. The summed E-state index contributed by atoms with van der Waals surface area (Å²) in [4.78, 5) is 27.3. The van der Waals surface area contributed by atoms with Gasteiger partial charge in [-0.25, -0.2) is 0 Å². The lowest BCUT2D eigenvalue weighted by atomic mass is 10.1. The zero-order valence-electron chi connectivity index (χ0n) is 17.0. The summed E-state index contributed by atoms with van der Waals surface area (Å²) >= 11 is 6.30. The Balaban J connectivity index is 2.21. The molecule has 0 spiro atoms. The van der Waals surface area contributed by atoms with Crippen molar-refractivity contribution in [1.29, 1.82) is 0 Å². The van der Waals surface area contributed by atoms with E-state index >= 15 is 0 Å². The molecule has 0 radical (unpaired) electrons. The van der Waals surface area contributed by atoms with Crippen molar-refractivity contribution < 1.29 is 9.59 Å². The Kier molecular flexibility index (Phi) is 8.06. The molecule has 0 bridgehead atoms. The molecule has 0 aliphatic heterocycles. The van der Waals surface area contributed by atoms with Crippen LogP contribution in [-0.4, -0.2) is 29.3 Å². The van der Waals surface area contributed by atoms with Gasteiger partial charge in [0.25, 0.3) is 0 Å². The molecule has 0 heterocycles. The number of carbonyl (C=O) groups is 2. The molecule has 5 heteroatoms. The Morgan fingerprint density at radius 1 is 1.04 bits per heavy atom. The van der Waals surface area contributed by atoms with Crippen molar-refractivity contribution >= 4 is 23.4 Å². The normalized spacial score (nSPS) is 11.9. The third-order valence-corrected chi connectivity index (χ3v) is 5.00. The smallest absolute Gasteiger partial charge is 0.242 e. The topological polar surface area (TPSA) is 49.4 Å². The number of nitrogens with one attached hydrogen (secondary N) is 1. The number of amides is 2. The van der Waals surface area contributed by atoms with Crippen molar-refractivity contribution in [3.63, 3.8) is 0 Å². The molecule has 28 heavy (non-hydrogen) atoms. The summed E-state index contributed by atoms with van der Waals surface area (Å²) in [5.74, 6) is 0.0883. The van der Waals surface area contributed by atoms with E-state index in [-0.39, 0.29) is 18.2 Å². The second-order valence-corrected chi connectivity index (χ2v) is 8.00. The second kappa shape index (κ2) is 10.3. The van der Waals surface area contributed by atoms with Gasteiger partial charge in [0, 0.05) is 18.1 Å². The van der Waals surface area contributed by atoms with Gasteiger partial charge in [-0.05, 0) is 37.0 Å². The molecule has 1 atom stereocenters. The van der Waals surface area contributed by atoms with Gasteiger partial charge in [-0.2, -0.15) is 0 Å². The fourth-order valence-electron chi connectivity index (χ4n) is 2.83. The Hall–Kier alpha value is -2.33. The molecule has 2 rings (SSSR count). The van der Waals surface area contributed by atoms with Crippen molar-refractivity contribution in [3.8, 4) is 0 Å². The predicted octanol–water partition coefficient (Wildman–Crippen LogP) is 4.38. The first-order valence-corrected chi connectivity index (χ1v) is 10.0. The molecule has 0 saturated carbocycles. The third kappa shape index (κ3) is 6.38. The average Bonchev–Trinajstić information content (AvgIpc) is 2.66. The van der Waals surface area contributed by atoms with Crippen molar-refractivity contribution in [3.05, 3.63) is 70.2 Å². The molecule has 0 aliphatic carbocycles. The highest BCUT2D eigenvalue weighted by molar-refractivity contribution is 6.31. The van der Waals surface area contributed by atoms with Crippen LogP contribution < -0.4 is 5.32 Å². The van der Waals surface area contributed by atoms with E-state index in [0.717, 1.165) is 16.7 Å². The largest absolute Gasteiger partial charge is 0.354 e. The van der Waals surface area contributed by atoms with Crippen molar-refractivity contribution in [2.24, 2.45) is 5.92 Å². The summed E-state index contributed by atoms with van der Waals surface area (Å²) in [7, 11) is 0. The number of aryl methyl sites for hydroxylation is 1. The van der Waals surface area contributed by atoms with E-state index in [2.05, 4.69) is 5.32 Å². The molecule has 0 fully saturated rings. The van der Waals surface area contributed by atoms with Gasteiger partial charge in [0.1, 0.15) is 6.04 Å². The Morgan fingerprint density at radius 3 is 2.29 bits per heavy atom. The first-order chi connectivity index (χ1) is 13.3. The minimum absolute atomic E-state index is 0.101. The molecule has 4 nitrogen and oxygen atoms in total. The van der Waals surface area contributed by atoms with Crippen LogP contribution in [0.5, 0.6) is 0 Å². The van der Waals surface area contributed by atoms with Crippen molar-refractivity contribution in [2.75, 3.05) is 6.54 Å². The third-order valence-electron chi connectivity index (χ3n) is 4.63. The van der Waals surface area contributed by atoms with Crippen molar-refractivity contribution in [1.82, 2.24) is 10.2 Å². The lowest BCUT2D eigenvalue weighted by Gasteiger charge is -2.29. The molecule has 1 N–H and O–H groups in total. The number of carbonyl (C=O) groups excluding carboxylic acids is 2. The van der Waals surface area contributed by atoms with E-state index in [9.17, 15) is 9.59 Å². The molecule has 0 aromatic heterocycles. The monoisotopic (exact) mass is 400 g/mol. The average molecular weight is 401 g/mol. The lowest BCUT2D eigenvalue weighted by Crippen LogP contribution is -2.48. The van der Waals surface area contributed by atoms with E-state index in [1.165, 1.54) is 0 Å². The van der Waals surface area contributed by atoms with Gasteiger partial charge in [-0.3, -0.25) is 9.59 Å². The maximum atomic E-state index is 13.1. The van der Waals surface area contributed by atoms with Gasteiger partial charge in [0.05, 0.1) is 6.42 Å². The van der Waals surface area contributed by atoms with Crippen LogP contribution in [0.3, 0.4) is 0 Å².